The molecule has 0 aliphatic carbocycles. The van der Waals surface area contributed by atoms with Gasteiger partial charge in [-0.15, -0.1) is 0 Å². The van der Waals surface area contributed by atoms with Gasteiger partial charge < -0.3 is 43.8 Å². The molecule has 0 aromatic rings. The van der Waals surface area contributed by atoms with Gasteiger partial charge in [0.25, 0.3) is 0 Å². The second-order valence-electron chi connectivity index (χ2n) is 0.448. The Morgan fingerprint density at radius 2 is 0.571 bits per heavy atom. The molecular formula is H18FeO12S. The van der Waals surface area contributed by atoms with Gasteiger partial charge in [-0.2, -0.15) is 8.42 Å². The second kappa shape index (κ2) is 51.7. The topological polar surface area (TPSA) is 327 Å². The molecule has 0 aromatic carbocycles. The average molecular weight is 298 g/mol. The van der Waals surface area contributed by atoms with Crippen molar-refractivity contribution in [2.45, 2.75) is 0 Å². The van der Waals surface area contributed by atoms with Gasteiger partial charge in [-0.3, -0.25) is 9.11 Å². The first-order valence-electron chi connectivity index (χ1n) is 0.698. The van der Waals surface area contributed by atoms with Crippen molar-refractivity contribution in [1.82, 2.24) is 0 Å². The van der Waals surface area contributed by atoms with Crippen LogP contribution in [0.1, 0.15) is 0 Å². The van der Waals surface area contributed by atoms with Crippen LogP contribution in [0, 0.1) is 0 Å². The Hall–Kier alpha value is 0.0695. The number of hydrogen-bond donors (Lipinski definition) is 2. The van der Waals surface area contributed by atoms with Gasteiger partial charge in [0.15, 0.2) is 0 Å². The van der Waals surface area contributed by atoms with Crippen molar-refractivity contribution in [1.29, 1.82) is 0 Å². The molecule has 0 radical (unpaired) electrons. The molecule has 0 spiro atoms. The summed E-state index contributed by atoms with van der Waals surface area (Å²) in [6.07, 6.45) is 0. The Kier molecular flexibility index (Phi) is 536. The maximum absolute atomic E-state index is 8.74. The minimum Gasteiger partial charge on any atom is -0.412 e. The molecule has 0 aliphatic rings. The third-order valence-electron chi connectivity index (χ3n) is 0. The van der Waals surface area contributed by atoms with Crippen molar-refractivity contribution in [3.8, 4) is 0 Å². The van der Waals surface area contributed by atoms with E-state index in [2.05, 4.69) is 0 Å². The monoisotopic (exact) mass is 298 g/mol. The molecule has 0 amide bonds. The maximum Gasteiger partial charge on any atom is 0.394 e. The molecule has 104 valence electrons. The molecule has 0 bridgehead atoms. The average Bonchev–Trinajstić information content (AvgIpc) is 0.722. The standard InChI is InChI=1S/Fe.H2O4S.8H2O/c;1-5(2,3)4;;;;;;;;/h;(H2,1,2,3,4);8*1H2. The van der Waals surface area contributed by atoms with Gasteiger partial charge in [0.2, 0.25) is 0 Å². The van der Waals surface area contributed by atoms with Gasteiger partial charge >= 0.3 is 10.4 Å². The van der Waals surface area contributed by atoms with E-state index in [4.69, 9.17) is 17.5 Å². The summed E-state index contributed by atoms with van der Waals surface area (Å²) in [5.74, 6) is 0. The van der Waals surface area contributed by atoms with Crippen LogP contribution in [0.2, 0.25) is 0 Å². The SMILES string of the molecule is O.O.O.O.O.O.O.O.O=S(=O)(O)O.[Fe]. The molecule has 0 rings (SSSR count). The van der Waals surface area contributed by atoms with E-state index < -0.39 is 10.4 Å². The molecule has 14 heteroatoms. The predicted octanol–water partition coefficient (Wildman–Crippen LogP) is -7.25. The fourth-order valence-electron chi connectivity index (χ4n) is 0. The zero-order chi connectivity index (χ0) is 4.50. The molecule has 0 unspecified atom stereocenters. The Morgan fingerprint density at radius 3 is 0.571 bits per heavy atom. The van der Waals surface area contributed by atoms with Gasteiger partial charge in [-0.1, -0.05) is 0 Å². The molecule has 0 saturated carbocycles. The van der Waals surface area contributed by atoms with E-state index in [1.54, 1.807) is 0 Å². The van der Waals surface area contributed by atoms with Crippen LogP contribution in [-0.4, -0.2) is 61.3 Å². The summed E-state index contributed by atoms with van der Waals surface area (Å²) in [5, 5.41) is 0. The number of rotatable bonds is 0. The fourth-order valence-corrected chi connectivity index (χ4v) is 0. The van der Waals surface area contributed by atoms with Crippen LogP contribution in [0.15, 0.2) is 0 Å². The van der Waals surface area contributed by atoms with Crippen molar-refractivity contribution in [3.63, 3.8) is 0 Å². The van der Waals surface area contributed by atoms with Crippen LogP contribution in [-0.2, 0) is 27.5 Å². The molecule has 0 atom stereocenters. The van der Waals surface area contributed by atoms with Crippen molar-refractivity contribution < 1.29 is 78.4 Å². The van der Waals surface area contributed by atoms with Crippen molar-refractivity contribution in [3.05, 3.63) is 0 Å². The van der Waals surface area contributed by atoms with Crippen LogP contribution in [0.3, 0.4) is 0 Å². The van der Waals surface area contributed by atoms with E-state index in [9.17, 15) is 0 Å². The van der Waals surface area contributed by atoms with Crippen LogP contribution >= 0.6 is 0 Å². The normalized spacial score (nSPS) is 4.14. The van der Waals surface area contributed by atoms with E-state index in [1.165, 1.54) is 0 Å². The quantitative estimate of drug-likeness (QED) is 0.324. The molecule has 0 aromatic heterocycles. The predicted molar refractivity (Wildman–Crippen MR) is 43.1 cm³/mol. The zero-order valence-electron chi connectivity index (χ0n) is 6.47. The molecule has 0 saturated heterocycles. The van der Waals surface area contributed by atoms with Crippen molar-refractivity contribution in [2.75, 3.05) is 0 Å². The van der Waals surface area contributed by atoms with Crippen LogP contribution in [0.5, 0.6) is 0 Å². The Morgan fingerprint density at radius 1 is 0.571 bits per heavy atom. The second-order valence-corrected chi connectivity index (χ2v) is 1.34. The van der Waals surface area contributed by atoms with Gasteiger partial charge in [-0.25, -0.2) is 0 Å². The van der Waals surface area contributed by atoms with E-state index in [0.29, 0.717) is 0 Å². The van der Waals surface area contributed by atoms with Crippen LogP contribution < -0.4 is 0 Å². The summed E-state index contributed by atoms with van der Waals surface area (Å²) >= 11 is 0. The minimum atomic E-state index is -4.67. The largest absolute Gasteiger partial charge is 0.412 e. The first-order chi connectivity index (χ1) is 2.00. The van der Waals surface area contributed by atoms with Crippen LogP contribution in [0.4, 0.5) is 0 Å². The maximum atomic E-state index is 8.74. The van der Waals surface area contributed by atoms with Gasteiger partial charge in [0.1, 0.15) is 0 Å². The first kappa shape index (κ1) is 145. The fraction of sp³-hybridized carbons (Fsp3) is 0. The Labute approximate surface area is 89.4 Å². The Balaban J connectivity index is -0.00000000222. The van der Waals surface area contributed by atoms with Gasteiger partial charge in [0.05, 0.1) is 0 Å². The molecule has 12 nitrogen and oxygen atoms in total. The van der Waals surface area contributed by atoms with Crippen molar-refractivity contribution in [2.24, 2.45) is 0 Å². The van der Waals surface area contributed by atoms with Gasteiger partial charge in [0, 0.05) is 17.1 Å². The van der Waals surface area contributed by atoms with Crippen molar-refractivity contribution >= 4 is 10.4 Å². The van der Waals surface area contributed by atoms with Gasteiger partial charge in [-0.05, 0) is 0 Å². The first-order valence-corrected chi connectivity index (χ1v) is 2.10. The summed E-state index contributed by atoms with van der Waals surface area (Å²) < 4.78 is 31.6. The molecular weight excluding hydrogens is 280 g/mol. The molecule has 18 N–H and O–H groups in total. The summed E-state index contributed by atoms with van der Waals surface area (Å²) in [6.45, 7) is 0. The summed E-state index contributed by atoms with van der Waals surface area (Å²) in [5.41, 5.74) is 0. The summed E-state index contributed by atoms with van der Waals surface area (Å²) in [6, 6.07) is 0. The van der Waals surface area contributed by atoms with E-state index in [0.717, 1.165) is 0 Å². The molecule has 14 heavy (non-hydrogen) atoms. The third-order valence-corrected chi connectivity index (χ3v) is 0. The minimum absolute atomic E-state index is 0. The van der Waals surface area contributed by atoms with E-state index in [1.807, 2.05) is 0 Å². The van der Waals surface area contributed by atoms with E-state index in [-0.39, 0.29) is 60.9 Å². The Bertz CT molecular complexity index is 93.5. The zero-order valence-corrected chi connectivity index (χ0v) is 8.39. The summed E-state index contributed by atoms with van der Waals surface area (Å²) in [4.78, 5) is 0. The molecule has 0 aliphatic heterocycles. The smallest absolute Gasteiger partial charge is 0.394 e. The third kappa shape index (κ3) is 306000. The molecule has 0 fully saturated rings. The summed E-state index contributed by atoms with van der Waals surface area (Å²) in [7, 11) is -4.67. The van der Waals surface area contributed by atoms with Crippen LogP contribution in [0.25, 0.3) is 0 Å². The number of hydrogen-bond acceptors (Lipinski definition) is 2. The van der Waals surface area contributed by atoms with E-state index >= 15 is 0 Å². The molecule has 0 heterocycles.